The smallest absolute Gasteiger partial charge is 0.335 e. The van der Waals surface area contributed by atoms with Crippen LogP contribution >= 0.6 is 0 Å². The second-order valence-electron chi connectivity index (χ2n) is 18.5. The lowest BCUT2D eigenvalue weighted by molar-refractivity contribution is -0.301. The highest BCUT2D eigenvalue weighted by Crippen LogP contribution is 2.26. The second kappa shape index (κ2) is 45.6. The van der Waals surface area contributed by atoms with Crippen molar-refractivity contribution in [1.82, 2.24) is 0 Å². The van der Waals surface area contributed by atoms with Crippen LogP contribution in [0.25, 0.3) is 0 Å². The van der Waals surface area contributed by atoms with Gasteiger partial charge in [-0.3, -0.25) is 14.4 Å². The Kier molecular flexibility index (Phi) is 41.9. The van der Waals surface area contributed by atoms with Crippen LogP contribution in [0.15, 0.2) is 60.8 Å². The van der Waals surface area contributed by atoms with Gasteiger partial charge < -0.3 is 39.0 Å². The number of rotatable bonds is 45. The third-order valence-electron chi connectivity index (χ3n) is 12.1. The molecular weight excluding hydrogens is 877 g/mol. The standard InChI is InChI=1S/C57H96O12/c1-4-7-10-13-16-19-22-24-25-27-29-31-34-37-40-43-49(58)65-46-48(67-50(59)44-41-38-35-33-30-26-23-20-17-14-11-8-5-2)47-66-57-55(53(62)52(61)54(69-57)56(63)64)68-51(60)45-42-39-36-32-28-21-18-15-12-9-6-3/h7,10,16,19,24-25,29,31,37,40,48,52-55,57,61-62H,4-6,8-9,11-15,17-18,20-23,26-28,30,32-36,38-39,41-47H2,1-3H3,(H,63,64)/b10-7-,19-16-,25-24-,31-29-,40-37-. The van der Waals surface area contributed by atoms with E-state index in [1.165, 1.54) is 96.3 Å². The maximum Gasteiger partial charge on any atom is 0.335 e. The fourth-order valence-corrected chi connectivity index (χ4v) is 7.97. The van der Waals surface area contributed by atoms with Crippen LogP contribution in [0.4, 0.5) is 0 Å². The minimum Gasteiger partial charge on any atom is -0.479 e. The fraction of sp³-hybridized carbons (Fsp3) is 0.754. The number of carboxylic acids is 1. The van der Waals surface area contributed by atoms with Gasteiger partial charge in [0, 0.05) is 12.8 Å². The summed E-state index contributed by atoms with van der Waals surface area (Å²) < 4.78 is 28.2. The van der Waals surface area contributed by atoms with E-state index in [-0.39, 0.29) is 25.9 Å². The van der Waals surface area contributed by atoms with Crippen molar-refractivity contribution in [3.63, 3.8) is 0 Å². The van der Waals surface area contributed by atoms with Crippen LogP contribution in [-0.2, 0) is 42.9 Å². The molecule has 12 nitrogen and oxygen atoms in total. The van der Waals surface area contributed by atoms with Crippen LogP contribution in [0, 0.1) is 0 Å². The van der Waals surface area contributed by atoms with Crippen LogP contribution in [-0.4, -0.2) is 89.2 Å². The summed E-state index contributed by atoms with van der Waals surface area (Å²) in [4.78, 5) is 50.8. The molecule has 6 atom stereocenters. The van der Waals surface area contributed by atoms with Crippen molar-refractivity contribution in [3.8, 4) is 0 Å². The molecule has 0 amide bonds. The van der Waals surface area contributed by atoms with Crippen molar-refractivity contribution >= 4 is 23.9 Å². The molecule has 396 valence electrons. The molecule has 0 aromatic heterocycles. The number of aliphatic carboxylic acids is 1. The van der Waals surface area contributed by atoms with E-state index in [1.54, 1.807) is 6.08 Å². The Hall–Kier alpha value is -3.58. The molecule has 0 spiro atoms. The molecule has 0 aliphatic carbocycles. The summed E-state index contributed by atoms with van der Waals surface area (Å²) >= 11 is 0. The van der Waals surface area contributed by atoms with E-state index in [0.717, 1.165) is 70.6 Å². The molecule has 0 radical (unpaired) electrons. The maximum absolute atomic E-state index is 13.1. The summed E-state index contributed by atoms with van der Waals surface area (Å²) in [6, 6.07) is 0. The largest absolute Gasteiger partial charge is 0.479 e. The third-order valence-corrected chi connectivity index (χ3v) is 12.1. The van der Waals surface area contributed by atoms with Gasteiger partial charge in [0.25, 0.3) is 0 Å². The first kappa shape index (κ1) is 63.4. The minimum absolute atomic E-state index is 0.0126. The average molecular weight is 973 g/mol. The topological polar surface area (TPSA) is 175 Å². The Morgan fingerprint density at radius 3 is 1.33 bits per heavy atom. The van der Waals surface area contributed by atoms with Gasteiger partial charge in [0.15, 0.2) is 24.6 Å². The van der Waals surface area contributed by atoms with Crippen molar-refractivity contribution < 1.29 is 58.2 Å². The number of allylic oxidation sites excluding steroid dienone is 9. The van der Waals surface area contributed by atoms with E-state index in [9.17, 15) is 34.5 Å². The number of aliphatic hydroxyl groups excluding tert-OH is 2. The summed E-state index contributed by atoms with van der Waals surface area (Å²) in [5.41, 5.74) is 0. The summed E-state index contributed by atoms with van der Waals surface area (Å²) in [5.74, 6) is -3.27. The second-order valence-corrected chi connectivity index (χ2v) is 18.5. The first-order valence-electron chi connectivity index (χ1n) is 27.3. The number of carbonyl (C=O) groups excluding carboxylic acids is 3. The molecule has 0 aromatic carbocycles. The Labute approximate surface area is 417 Å². The number of unbranched alkanes of at least 4 members (excludes halogenated alkanes) is 22. The van der Waals surface area contributed by atoms with Gasteiger partial charge in [-0.1, -0.05) is 223 Å². The van der Waals surface area contributed by atoms with Crippen molar-refractivity contribution in [2.24, 2.45) is 0 Å². The third kappa shape index (κ3) is 36.1. The van der Waals surface area contributed by atoms with Crippen LogP contribution in [0.5, 0.6) is 0 Å². The molecule has 1 heterocycles. The maximum atomic E-state index is 13.1. The highest BCUT2D eigenvalue weighted by atomic mass is 16.7. The van der Waals surface area contributed by atoms with Gasteiger partial charge in [-0.25, -0.2) is 4.79 Å². The van der Waals surface area contributed by atoms with Gasteiger partial charge in [0.2, 0.25) is 0 Å². The molecule has 0 bridgehead atoms. The number of ether oxygens (including phenoxy) is 5. The van der Waals surface area contributed by atoms with E-state index in [0.29, 0.717) is 19.3 Å². The van der Waals surface area contributed by atoms with Crippen LogP contribution in [0.2, 0.25) is 0 Å². The summed E-state index contributed by atoms with van der Waals surface area (Å²) in [6.45, 7) is 5.76. The van der Waals surface area contributed by atoms with E-state index in [2.05, 4.69) is 63.3 Å². The zero-order valence-electron chi connectivity index (χ0n) is 43.3. The van der Waals surface area contributed by atoms with Gasteiger partial charge in [-0.05, 0) is 44.9 Å². The summed E-state index contributed by atoms with van der Waals surface area (Å²) in [6.07, 6.45) is 42.3. The predicted molar refractivity (Wildman–Crippen MR) is 275 cm³/mol. The predicted octanol–water partition coefficient (Wildman–Crippen LogP) is 13.2. The first-order valence-corrected chi connectivity index (χ1v) is 27.3. The van der Waals surface area contributed by atoms with Crippen LogP contribution in [0.3, 0.4) is 0 Å². The zero-order chi connectivity index (χ0) is 50.4. The summed E-state index contributed by atoms with van der Waals surface area (Å²) in [7, 11) is 0. The van der Waals surface area contributed by atoms with Gasteiger partial charge in [-0.2, -0.15) is 0 Å². The average Bonchev–Trinajstić information content (AvgIpc) is 3.33. The minimum atomic E-state index is -1.91. The molecule has 3 N–H and O–H groups in total. The van der Waals surface area contributed by atoms with Gasteiger partial charge >= 0.3 is 23.9 Å². The monoisotopic (exact) mass is 973 g/mol. The molecule has 69 heavy (non-hydrogen) atoms. The quantitative estimate of drug-likeness (QED) is 0.0228. The molecular formula is C57H96O12. The zero-order valence-corrected chi connectivity index (χ0v) is 43.3. The molecule has 1 rings (SSSR count). The number of carboxylic acid groups (broad SMARTS) is 1. The molecule has 1 aliphatic heterocycles. The molecule has 1 saturated heterocycles. The van der Waals surface area contributed by atoms with Gasteiger partial charge in [0.1, 0.15) is 18.8 Å². The lowest BCUT2D eigenvalue weighted by Crippen LogP contribution is -2.61. The number of hydrogen-bond donors (Lipinski definition) is 3. The Balaban J connectivity index is 2.77. The lowest BCUT2D eigenvalue weighted by atomic mass is 9.98. The molecule has 6 unspecified atom stereocenters. The van der Waals surface area contributed by atoms with Crippen molar-refractivity contribution in [1.29, 1.82) is 0 Å². The lowest BCUT2D eigenvalue weighted by Gasteiger charge is -2.40. The summed E-state index contributed by atoms with van der Waals surface area (Å²) in [5, 5.41) is 31.3. The number of hydrogen-bond acceptors (Lipinski definition) is 11. The Morgan fingerprint density at radius 2 is 0.899 bits per heavy atom. The van der Waals surface area contributed by atoms with Gasteiger partial charge in [-0.15, -0.1) is 0 Å². The highest BCUT2D eigenvalue weighted by Gasteiger charge is 2.50. The number of esters is 3. The number of aliphatic hydroxyl groups is 2. The van der Waals surface area contributed by atoms with E-state index >= 15 is 0 Å². The number of carbonyl (C=O) groups is 4. The highest BCUT2D eigenvalue weighted by molar-refractivity contribution is 5.74. The van der Waals surface area contributed by atoms with Crippen molar-refractivity contribution in [3.05, 3.63) is 60.8 Å². The molecule has 0 saturated carbocycles. The SMILES string of the molecule is CC/C=C\C/C=C\C/C=C\C/C=C\C/C=C\CC(=O)OCC(COC1OC(C(=O)O)C(O)C(O)C1OC(=O)CCCCCCCCCCCCC)OC(=O)CCCCCCCCCCCCCCC. The Bertz CT molecular complexity index is 1440. The van der Waals surface area contributed by atoms with Gasteiger partial charge in [0.05, 0.1) is 13.0 Å². The molecule has 1 aliphatic rings. The van der Waals surface area contributed by atoms with E-state index < -0.39 is 67.3 Å². The fourth-order valence-electron chi connectivity index (χ4n) is 7.97. The van der Waals surface area contributed by atoms with E-state index in [1.807, 2.05) is 12.2 Å². The molecule has 0 aromatic rings. The Morgan fingerprint density at radius 1 is 0.493 bits per heavy atom. The first-order chi connectivity index (χ1) is 33.6. The molecule has 1 fully saturated rings. The van der Waals surface area contributed by atoms with E-state index in [4.69, 9.17) is 23.7 Å². The normalized spacial score (nSPS) is 19.1. The molecule has 12 heteroatoms. The van der Waals surface area contributed by atoms with Crippen LogP contribution < -0.4 is 0 Å². The van der Waals surface area contributed by atoms with Crippen molar-refractivity contribution in [2.45, 2.75) is 263 Å². The van der Waals surface area contributed by atoms with Crippen molar-refractivity contribution in [2.75, 3.05) is 13.2 Å². The van der Waals surface area contributed by atoms with Crippen LogP contribution in [0.1, 0.15) is 226 Å².